The van der Waals surface area contributed by atoms with E-state index in [2.05, 4.69) is 0 Å². The highest BCUT2D eigenvalue weighted by Crippen LogP contribution is 2.29. The zero-order valence-electron chi connectivity index (χ0n) is 10.5. The molecule has 17 heavy (non-hydrogen) atoms. The summed E-state index contributed by atoms with van der Waals surface area (Å²) in [5.74, 6) is 1.21. The third-order valence-corrected chi connectivity index (χ3v) is 2.57. The predicted octanol–water partition coefficient (Wildman–Crippen LogP) is 1.90. The maximum absolute atomic E-state index is 9.61. The fourth-order valence-electron chi connectivity index (χ4n) is 1.42. The molecule has 1 aromatic carbocycles. The molecule has 0 saturated carbocycles. The second kappa shape index (κ2) is 6.47. The van der Waals surface area contributed by atoms with Crippen molar-refractivity contribution in [3.63, 3.8) is 0 Å². The van der Waals surface area contributed by atoms with Crippen LogP contribution in [-0.2, 0) is 0 Å². The summed E-state index contributed by atoms with van der Waals surface area (Å²) in [6.07, 6.45) is -0.480. The zero-order chi connectivity index (χ0) is 12.8. The minimum Gasteiger partial charge on any atom is -0.497 e. The zero-order valence-corrected chi connectivity index (χ0v) is 10.5. The molecule has 0 aliphatic rings. The molecule has 0 heterocycles. The van der Waals surface area contributed by atoms with Crippen molar-refractivity contribution in [1.82, 2.24) is 0 Å². The Kier molecular flexibility index (Phi) is 5.25. The first-order valence-corrected chi connectivity index (χ1v) is 5.75. The summed E-state index contributed by atoms with van der Waals surface area (Å²) in [4.78, 5) is 0. The number of methoxy groups -OCH3 is 1. The first-order valence-electron chi connectivity index (χ1n) is 5.75. The molecule has 2 atom stereocenters. The second-order valence-corrected chi connectivity index (χ2v) is 3.95. The lowest BCUT2D eigenvalue weighted by atomic mass is 10.1. The third kappa shape index (κ3) is 3.91. The summed E-state index contributed by atoms with van der Waals surface area (Å²) >= 11 is 0. The van der Waals surface area contributed by atoms with E-state index >= 15 is 0 Å². The Labute approximate surface area is 102 Å². The maximum Gasteiger partial charge on any atom is 0.128 e. The fourth-order valence-corrected chi connectivity index (χ4v) is 1.42. The molecule has 4 heteroatoms. The van der Waals surface area contributed by atoms with Gasteiger partial charge in [0, 0.05) is 11.6 Å². The summed E-state index contributed by atoms with van der Waals surface area (Å²) in [5, 5.41) is 19.1. The lowest BCUT2D eigenvalue weighted by molar-refractivity contribution is 0.101. The number of aliphatic hydroxyl groups is 2. The number of hydrogen-bond acceptors (Lipinski definition) is 4. The third-order valence-electron chi connectivity index (χ3n) is 2.57. The second-order valence-electron chi connectivity index (χ2n) is 3.95. The van der Waals surface area contributed by atoms with Gasteiger partial charge in [0.2, 0.25) is 0 Å². The van der Waals surface area contributed by atoms with Gasteiger partial charge in [-0.1, -0.05) is 6.92 Å². The maximum atomic E-state index is 9.61. The number of rotatable bonds is 6. The van der Waals surface area contributed by atoms with Gasteiger partial charge in [0.05, 0.1) is 19.3 Å². The van der Waals surface area contributed by atoms with E-state index in [9.17, 15) is 10.2 Å². The van der Waals surface area contributed by atoms with Crippen LogP contribution >= 0.6 is 0 Å². The van der Waals surface area contributed by atoms with Crippen molar-refractivity contribution in [3.8, 4) is 11.5 Å². The Balaban J connectivity index is 2.85. The summed E-state index contributed by atoms with van der Waals surface area (Å²) in [5.41, 5.74) is 0.689. The minimum atomic E-state index is -0.616. The first-order chi connectivity index (χ1) is 8.08. The molecule has 0 aromatic heterocycles. The Bertz CT molecular complexity index is 349. The van der Waals surface area contributed by atoms with Gasteiger partial charge in [0.15, 0.2) is 0 Å². The van der Waals surface area contributed by atoms with E-state index in [0.717, 1.165) is 0 Å². The molecule has 0 radical (unpaired) electrons. The van der Waals surface area contributed by atoms with Gasteiger partial charge in [-0.2, -0.15) is 0 Å². The SMILES string of the molecule is CCC(O)COc1cc(OC)ccc1[C@H](C)O. The predicted molar refractivity (Wildman–Crippen MR) is 65.4 cm³/mol. The lowest BCUT2D eigenvalue weighted by Gasteiger charge is -2.16. The van der Waals surface area contributed by atoms with Crippen LogP contribution in [0.25, 0.3) is 0 Å². The van der Waals surface area contributed by atoms with Crippen molar-refractivity contribution in [2.45, 2.75) is 32.5 Å². The van der Waals surface area contributed by atoms with Crippen molar-refractivity contribution in [2.24, 2.45) is 0 Å². The summed E-state index contributed by atoms with van der Waals surface area (Å²) in [6, 6.07) is 5.24. The monoisotopic (exact) mass is 240 g/mol. The molecule has 0 saturated heterocycles. The molecule has 0 fully saturated rings. The Morgan fingerprint density at radius 3 is 2.53 bits per heavy atom. The molecule has 0 aliphatic carbocycles. The van der Waals surface area contributed by atoms with Gasteiger partial charge < -0.3 is 19.7 Å². The molecule has 0 spiro atoms. The van der Waals surface area contributed by atoms with E-state index in [1.165, 1.54) is 0 Å². The van der Waals surface area contributed by atoms with Crippen LogP contribution in [0.1, 0.15) is 31.9 Å². The molecule has 1 unspecified atom stereocenters. The molecular weight excluding hydrogens is 220 g/mol. The van der Waals surface area contributed by atoms with Crippen LogP contribution in [0.3, 0.4) is 0 Å². The van der Waals surface area contributed by atoms with Gasteiger partial charge in [0.1, 0.15) is 18.1 Å². The van der Waals surface area contributed by atoms with E-state index in [0.29, 0.717) is 23.5 Å². The molecule has 0 bridgehead atoms. The summed E-state index contributed by atoms with van der Waals surface area (Å²) in [6.45, 7) is 3.77. The quantitative estimate of drug-likeness (QED) is 0.797. The molecular formula is C13H20O4. The molecule has 4 nitrogen and oxygen atoms in total. The molecule has 2 N–H and O–H groups in total. The highest BCUT2D eigenvalue weighted by atomic mass is 16.5. The van der Waals surface area contributed by atoms with Crippen molar-refractivity contribution in [3.05, 3.63) is 23.8 Å². The van der Waals surface area contributed by atoms with E-state index in [1.54, 1.807) is 32.2 Å². The van der Waals surface area contributed by atoms with Crippen LogP contribution in [0.5, 0.6) is 11.5 Å². The van der Waals surface area contributed by atoms with Gasteiger partial charge >= 0.3 is 0 Å². The largest absolute Gasteiger partial charge is 0.497 e. The van der Waals surface area contributed by atoms with E-state index in [1.807, 2.05) is 6.92 Å². The minimum absolute atomic E-state index is 0.212. The number of hydrogen-bond donors (Lipinski definition) is 2. The van der Waals surface area contributed by atoms with Crippen molar-refractivity contribution >= 4 is 0 Å². The molecule has 0 aliphatic heterocycles. The molecule has 96 valence electrons. The molecule has 1 rings (SSSR count). The van der Waals surface area contributed by atoms with Gasteiger partial charge in [-0.05, 0) is 25.5 Å². The van der Waals surface area contributed by atoms with Gasteiger partial charge in [-0.15, -0.1) is 0 Å². The van der Waals surface area contributed by atoms with Gasteiger partial charge in [0.25, 0.3) is 0 Å². The fraction of sp³-hybridized carbons (Fsp3) is 0.538. The number of benzene rings is 1. The summed E-state index contributed by atoms with van der Waals surface area (Å²) in [7, 11) is 1.57. The Hall–Kier alpha value is -1.26. The standard InChI is InChI=1S/C13H20O4/c1-4-10(15)8-17-13-7-11(16-3)5-6-12(13)9(2)14/h5-7,9-10,14-15H,4,8H2,1-3H3/t9-,10?/m0/s1. The van der Waals surface area contributed by atoms with Crippen LogP contribution in [0.15, 0.2) is 18.2 Å². The number of ether oxygens (including phenoxy) is 2. The van der Waals surface area contributed by atoms with Crippen molar-refractivity contribution in [1.29, 1.82) is 0 Å². The van der Waals surface area contributed by atoms with Crippen LogP contribution < -0.4 is 9.47 Å². The van der Waals surface area contributed by atoms with E-state index < -0.39 is 12.2 Å². The lowest BCUT2D eigenvalue weighted by Crippen LogP contribution is -2.17. The van der Waals surface area contributed by atoms with Crippen molar-refractivity contribution in [2.75, 3.05) is 13.7 Å². The van der Waals surface area contributed by atoms with Gasteiger partial charge in [-0.3, -0.25) is 0 Å². The Morgan fingerprint density at radius 1 is 1.29 bits per heavy atom. The van der Waals surface area contributed by atoms with Crippen LogP contribution in [0.4, 0.5) is 0 Å². The smallest absolute Gasteiger partial charge is 0.128 e. The average Bonchev–Trinajstić information content (AvgIpc) is 2.35. The highest BCUT2D eigenvalue weighted by molar-refractivity contribution is 5.41. The van der Waals surface area contributed by atoms with Gasteiger partial charge in [-0.25, -0.2) is 0 Å². The van der Waals surface area contributed by atoms with Crippen molar-refractivity contribution < 1.29 is 19.7 Å². The molecule has 1 aromatic rings. The van der Waals surface area contributed by atoms with E-state index in [-0.39, 0.29) is 6.61 Å². The average molecular weight is 240 g/mol. The topological polar surface area (TPSA) is 58.9 Å². The highest BCUT2D eigenvalue weighted by Gasteiger charge is 2.12. The van der Waals surface area contributed by atoms with Crippen LogP contribution in [-0.4, -0.2) is 30.0 Å². The van der Waals surface area contributed by atoms with Crippen LogP contribution in [0, 0.1) is 0 Å². The molecule has 0 amide bonds. The number of aliphatic hydroxyl groups excluding tert-OH is 2. The van der Waals surface area contributed by atoms with E-state index in [4.69, 9.17) is 9.47 Å². The summed E-state index contributed by atoms with van der Waals surface area (Å²) < 4.78 is 10.6. The Morgan fingerprint density at radius 2 is 2.00 bits per heavy atom. The first kappa shape index (κ1) is 13.8. The van der Waals surface area contributed by atoms with Crippen LogP contribution in [0.2, 0.25) is 0 Å². The normalized spacial score (nSPS) is 14.2.